The molecule has 0 saturated carbocycles. The van der Waals surface area contributed by atoms with Gasteiger partial charge in [-0.2, -0.15) is 4.98 Å². The molecule has 51 heavy (non-hydrogen) atoms. The van der Waals surface area contributed by atoms with Gasteiger partial charge in [-0.05, 0) is 102 Å². The number of rotatable bonds is 20. The van der Waals surface area contributed by atoms with Gasteiger partial charge in [0.1, 0.15) is 17.4 Å². The fourth-order valence-electron chi connectivity index (χ4n) is 5.69. The number of carbonyl (C=O) groups is 1. The van der Waals surface area contributed by atoms with Crippen LogP contribution in [0.25, 0.3) is 0 Å². The zero-order valence-electron chi connectivity index (χ0n) is 30.0. The lowest BCUT2D eigenvalue weighted by Crippen LogP contribution is -2.35. The zero-order valence-corrected chi connectivity index (χ0v) is 31.6. The molecule has 4 rings (SSSR count). The number of benzene rings is 2. The van der Waals surface area contributed by atoms with Gasteiger partial charge in [0.2, 0.25) is 5.95 Å². The van der Waals surface area contributed by atoms with Crippen LogP contribution in [0.2, 0.25) is 5.02 Å². The number of carboxylic acid groups (broad SMARTS) is 1. The quantitative estimate of drug-likeness (QED) is 0.112. The molecule has 15 heteroatoms. The molecule has 3 N–H and O–H groups in total. The molecule has 0 radical (unpaired) electrons. The maximum absolute atomic E-state index is 13.0. The molecule has 1 fully saturated rings. The number of sulfone groups is 1. The van der Waals surface area contributed by atoms with Crippen molar-refractivity contribution in [1.29, 1.82) is 0 Å². The molecule has 0 spiro atoms. The van der Waals surface area contributed by atoms with Gasteiger partial charge >= 0.3 is 5.97 Å². The third kappa shape index (κ3) is 12.0. The number of nitrogens with one attached hydrogen (secondary N) is 2. The summed E-state index contributed by atoms with van der Waals surface area (Å²) in [6, 6.07) is 10.9. The number of hydrogen-bond donors (Lipinski definition) is 3. The average Bonchev–Trinajstić information content (AvgIpc) is 3.08. The first kappa shape index (κ1) is 40.2. The van der Waals surface area contributed by atoms with E-state index < -0.39 is 21.1 Å². The summed E-state index contributed by atoms with van der Waals surface area (Å²) in [5.41, 5.74) is 3.47. The number of hydrogen-bond acceptors (Lipinski definition) is 12. The number of anilines is 4. The lowest BCUT2D eigenvalue weighted by atomic mass is 9.86. The second kappa shape index (κ2) is 19.3. The number of aryl methyl sites for hydroxylation is 1. The van der Waals surface area contributed by atoms with Crippen LogP contribution in [-0.4, -0.2) is 105 Å². The topological polar surface area (TPSA) is 161 Å². The van der Waals surface area contributed by atoms with Crippen molar-refractivity contribution in [3.8, 4) is 5.75 Å². The first-order chi connectivity index (χ1) is 24.3. The van der Waals surface area contributed by atoms with Crippen molar-refractivity contribution in [3.05, 3.63) is 58.7 Å². The molecule has 2 heterocycles. The minimum Gasteiger partial charge on any atom is -0.489 e. The molecular formula is C36H50ClN5O8S. The second-order valence-corrected chi connectivity index (χ2v) is 15.8. The van der Waals surface area contributed by atoms with Crippen molar-refractivity contribution >= 4 is 50.5 Å². The standard InChI is InChI=1S/C36H50ClN5O8S/c1-24(2)50-32-21-28(27-10-12-42(13-11-27)14-15-47-16-17-48-18-19-49-23-34(43)44)26(5)20-31(32)40-36-38-22-29(37)35(41-36)39-30-8-6-7-9-33(30)51(45,46)25(3)4/h6-9,20-22,24-25,27H,10-19,23H2,1-5H3,(H,43,44)(H2,38,39,40,41). The Hall–Kier alpha value is -3.53. The first-order valence-corrected chi connectivity index (χ1v) is 19.2. The molecule has 0 atom stereocenters. The highest BCUT2D eigenvalue weighted by molar-refractivity contribution is 7.92. The van der Waals surface area contributed by atoms with Gasteiger partial charge in [0.05, 0.1) is 66.9 Å². The van der Waals surface area contributed by atoms with Gasteiger partial charge in [0, 0.05) is 6.54 Å². The maximum Gasteiger partial charge on any atom is 0.329 e. The van der Waals surface area contributed by atoms with E-state index in [2.05, 4.69) is 44.6 Å². The van der Waals surface area contributed by atoms with Crippen LogP contribution >= 0.6 is 11.6 Å². The van der Waals surface area contributed by atoms with Gasteiger partial charge in [0.15, 0.2) is 15.7 Å². The number of piperidine rings is 1. The minimum atomic E-state index is -3.56. The average molecular weight is 748 g/mol. The van der Waals surface area contributed by atoms with E-state index in [1.54, 1.807) is 38.1 Å². The normalized spacial score (nSPS) is 14.3. The van der Waals surface area contributed by atoms with E-state index in [1.165, 1.54) is 11.8 Å². The van der Waals surface area contributed by atoms with E-state index in [0.29, 0.717) is 49.5 Å². The van der Waals surface area contributed by atoms with Crippen molar-refractivity contribution in [2.75, 3.05) is 69.9 Å². The van der Waals surface area contributed by atoms with E-state index in [4.69, 9.17) is 35.7 Å². The molecule has 1 saturated heterocycles. The summed E-state index contributed by atoms with van der Waals surface area (Å²) in [5, 5.41) is 14.6. The molecule has 1 aliphatic heterocycles. The Kier molecular flexibility index (Phi) is 15.3. The number of ether oxygens (including phenoxy) is 4. The van der Waals surface area contributed by atoms with E-state index >= 15 is 0 Å². The second-order valence-electron chi connectivity index (χ2n) is 12.9. The van der Waals surface area contributed by atoms with Gasteiger partial charge in [-0.1, -0.05) is 23.7 Å². The van der Waals surface area contributed by atoms with E-state index in [-0.39, 0.29) is 41.0 Å². The Balaban J connectivity index is 1.36. The van der Waals surface area contributed by atoms with Gasteiger partial charge in [-0.25, -0.2) is 18.2 Å². The predicted molar refractivity (Wildman–Crippen MR) is 198 cm³/mol. The van der Waals surface area contributed by atoms with Crippen LogP contribution in [0.3, 0.4) is 0 Å². The van der Waals surface area contributed by atoms with Gasteiger partial charge < -0.3 is 39.6 Å². The molecule has 0 amide bonds. The van der Waals surface area contributed by atoms with Crippen LogP contribution in [0.4, 0.5) is 23.1 Å². The van der Waals surface area contributed by atoms with E-state index in [1.807, 2.05) is 13.8 Å². The molecule has 1 aliphatic rings. The summed E-state index contributed by atoms with van der Waals surface area (Å²) in [6.45, 7) is 13.9. The Morgan fingerprint density at radius 3 is 2.31 bits per heavy atom. The number of likely N-dealkylation sites (tertiary alicyclic amines) is 1. The minimum absolute atomic E-state index is 0.0682. The van der Waals surface area contributed by atoms with E-state index in [9.17, 15) is 13.2 Å². The summed E-state index contributed by atoms with van der Waals surface area (Å²) in [4.78, 5) is 22.0. The Morgan fingerprint density at radius 1 is 0.980 bits per heavy atom. The van der Waals surface area contributed by atoms with Crippen LogP contribution < -0.4 is 15.4 Å². The number of aromatic nitrogens is 2. The Morgan fingerprint density at radius 2 is 1.65 bits per heavy atom. The number of aliphatic carboxylic acids is 1. The maximum atomic E-state index is 13.0. The molecule has 0 aliphatic carbocycles. The molecule has 0 unspecified atom stereocenters. The van der Waals surface area contributed by atoms with Crippen molar-refractivity contribution in [2.45, 2.75) is 69.6 Å². The van der Waals surface area contributed by atoms with E-state index in [0.717, 1.165) is 38.0 Å². The highest BCUT2D eigenvalue weighted by Gasteiger charge is 2.25. The molecule has 13 nitrogen and oxygen atoms in total. The molecule has 0 bridgehead atoms. The smallest absolute Gasteiger partial charge is 0.329 e. The molecular weight excluding hydrogens is 698 g/mol. The van der Waals surface area contributed by atoms with Crippen LogP contribution in [0.5, 0.6) is 5.75 Å². The van der Waals surface area contributed by atoms with Crippen molar-refractivity contribution in [1.82, 2.24) is 14.9 Å². The third-order valence-electron chi connectivity index (χ3n) is 8.34. The molecule has 2 aromatic carbocycles. The van der Waals surface area contributed by atoms with Crippen LogP contribution in [0.15, 0.2) is 47.5 Å². The summed E-state index contributed by atoms with van der Waals surface area (Å²) >= 11 is 6.47. The lowest BCUT2D eigenvalue weighted by molar-refractivity contribution is -0.142. The molecule has 3 aromatic rings. The number of nitrogens with zero attached hydrogens (tertiary/aromatic N) is 3. The summed E-state index contributed by atoms with van der Waals surface area (Å²) < 4.78 is 48.4. The van der Waals surface area contributed by atoms with Gasteiger partial charge in [-0.15, -0.1) is 0 Å². The summed E-state index contributed by atoms with van der Waals surface area (Å²) in [5.74, 6) is 0.627. The largest absolute Gasteiger partial charge is 0.489 e. The number of para-hydroxylation sites is 1. The van der Waals surface area contributed by atoms with Gasteiger partial charge in [-0.3, -0.25) is 0 Å². The highest BCUT2D eigenvalue weighted by atomic mass is 35.5. The SMILES string of the molecule is Cc1cc(Nc2ncc(Cl)c(Nc3ccccc3S(=O)(=O)C(C)C)n2)c(OC(C)C)cc1C1CCN(CCOCCOCCOCC(=O)O)CC1. The van der Waals surface area contributed by atoms with Crippen LogP contribution in [0.1, 0.15) is 57.6 Å². The molecule has 1 aromatic heterocycles. The Bertz CT molecular complexity index is 1700. The lowest BCUT2D eigenvalue weighted by Gasteiger charge is -2.33. The van der Waals surface area contributed by atoms with Crippen LogP contribution in [-0.2, 0) is 28.8 Å². The zero-order chi connectivity index (χ0) is 37.0. The van der Waals surface area contributed by atoms with Crippen molar-refractivity contribution < 1.29 is 37.3 Å². The monoisotopic (exact) mass is 747 g/mol. The number of halogens is 1. The fourth-order valence-corrected chi connectivity index (χ4v) is 7.03. The third-order valence-corrected chi connectivity index (χ3v) is 10.8. The summed E-state index contributed by atoms with van der Waals surface area (Å²) in [6.07, 6.45) is 3.43. The predicted octanol–water partition coefficient (Wildman–Crippen LogP) is 6.21. The molecule has 280 valence electrons. The van der Waals surface area contributed by atoms with Crippen LogP contribution in [0, 0.1) is 6.92 Å². The number of carboxylic acids is 1. The Labute approximate surface area is 305 Å². The van der Waals surface area contributed by atoms with Gasteiger partial charge in [0.25, 0.3) is 0 Å². The first-order valence-electron chi connectivity index (χ1n) is 17.2. The van der Waals surface area contributed by atoms with Crippen molar-refractivity contribution in [2.24, 2.45) is 0 Å². The highest BCUT2D eigenvalue weighted by Crippen LogP contribution is 2.38. The van der Waals surface area contributed by atoms with Crippen molar-refractivity contribution in [3.63, 3.8) is 0 Å². The summed E-state index contributed by atoms with van der Waals surface area (Å²) in [7, 11) is -3.56. The fraction of sp³-hybridized carbons (Fsp3) is 0.528.